The van der Waals surface area contributed by atoms with Crippen molar-refractivity contribution in [2.24, 2.45) is 0 Å². The van der Waals surface area contributed by atoms with Crippen molar-refractivity contribution in [3.8, 4) is 0 Å². The fourth-order valence-electron chi connectivity index (χ4n) is 1.60. The van der Waals surface area contributed by atoms with Crippen LogP contribution in [0.25, 0.3) is 0 Å². The van der Waals surface area contributed by atoms with Crippen LogP contribution in [0.15, 0.2) is 40.8 Å². The van der Waals surface area contributed by atoms with Gasteiger partial charge in [-0.1, -0.05) is 29.8 Å². The van der Waals surface area contributed by atoms with Crippen molar-refractivity contribution >= 4 is 5.88 Å². The van der Waals surface area contributed by atoms with Gasteiger partial charge in [-0.25, -0.2) is 0 Å². The molecule has 0 amide bonds. The van der Waals surface area contributed by atoms with E-state index in [1.54, 1.807) is 6.07 Å². The van der Waals surface area contributed by atoms with Crippen LogP contribution in [0.4, 0.5) is 5.88 Å². The first-order chi connectivity index (χ1) is 8.65. The van der Waals surface area contributed by atoms with E-state index < -0.39 is 4.92 Å². The Morgan fingerprint density at radius 1 is 1.17 bits per heavy atom. The van der Waals surface area contributed by atoms with Crippen LogP contribution in [-0.4, -0.2) is 4.92 Å². The number of nitro groups is 1. The summed E-state index contributed by atoms with van der Waals surface area (Å²) in [6, 6.07) is 11.2. The van der Waals surface area contributed by atoms with Gasteiger partial charge in [0.2, 0.25) is 0 Å². The molecule has 0 atom stereocenters. The van der Waals surface area contributed by atoms with Crippen LogP contribution >= 0.6 is 0 Å². The van der Waals surface area contributed by atoms with Crippen LogP contribution in [0, 0.1) is 17.0 Å². The normalized spacial score (nSPS) is 10.5. The summed E-state index contributed by atoms with van der Waals surface area (Å²) in [5, 5.41) is 13.6. The summed E-state index contributed by atoms with van der Waals surface area (Å²) < 4.78 is 5.04. The fourth-order valence-corrected chi connectivity index (χ4v) is 1.60. The van der Waals surface area contributed by atoms with Gasteiger partial charge in [-0.3, -0.25) is 10.1 Å². The lowest BCUT2D eigenvalue weighted by atomic mass is 10.1. The van der Waals surface area contributed by atoms with E-state index in [0.29, 0.717) is 18.8 Å². The van der Waals surface area contributed by atoms with Gasteiger partial charge in [0.25, 0.3) is 0 Å². The molecule has 1 aromatic carbocycles. The highest BCUT2D eigenvalue weighted by Gasteiger charge is 2.10. The Kier molecular flexibility index (Phi) is 3.74. The third-order valence-electron chi connectivity index (χ3n) is 2.58. The Labute approximate surface area is 105 Å². The molecule has 0 unspecified atom stereocenters. The molecule has 0 aliphatic rings. The first-order valence-electron chi connectivity index (χ1n) is 5.64. The molecule has 0 spiro atoms. The molecule has 2 rings (SSSR count). The molecule has 5 heteroatoms. The Morgan fingerprint density at radius 3 is 2.50 bits per heavy atom. The minimum atomic E-state index is -0.538. The summed E-state index contributed by atoms with van der Waals surface area (Å²) in [5.74, 6) is 0.343. The van der Waals surface area contributed by atoms with Gasteiger partial charge in [0, 0.05) is 6.54 Å². The lowest BCUT2D eigenvalue weighted by molar-refractivity contribution is -0.402. The molecule has 18 heavy (non-hydrogen) atoms. The van der Waals surface area contributed by atoms with E-state index in [9.17, 15) is 10.1 Å². The maximum absolute atomic E-state index is 10.4. The summed E-state index contributed by atoms with van der Waals surface area (Å²) in [6.07, 6.45) is 0. The lowest BCUT2D eigenvalue weighted by Gasteiger charge is -2.03. The Balaban J connectivity index is 1.84. The summed E-state index contributed by atoms with van der Waals surface area (Å²) in [7, 11) is 0. The molecular weight excluding hydrogens is 232 g/mol. The second-order valence-electron chi connectivity index (χ2n) is 4.09. The van der Waals surface area contributed by atoms with Crippen molar-refractivity contribution < 1.29 is 9.34 Å². The van der Waals surface area contributed by atoms with Gasteiger partial charge < -0.3 is 9.73 Å². The summed E-state index contributed by atoms with van der Waals surface area (Å²) in [5.41, 5.74) is 2.39. The monoisotopic (exact) mass is 246 g/mol. The molecule has 5 nitrogen and oxygen atoms in total. The van der Waals surface area contributed by atoms with Gasteiger partial charge in [0.05, 0.1) is 12.6 Å². The molecule has 1 N–H and O–H groups in total. The minimum Gasteiger partial charge on any atom is -0.404 e. The highest BCUT2D eigenvalue weighted by atomic mass is 16.6. The Morgan fingerprint density at radius 2 is 1.89 bits per heavy atom. The van der Waals surface area contributed by atoms with Gasteiger partial charge in [-0.15, -0.1) is 0 Å². The molecule has 1 heterocycles. The predicted octanol–water partition coefficient (Wildman–Crippen LogP) is 2.79. The predicted molar refractivity (Wildman–Crippen MR) is 67.1 cm³/mol. The van der Waals surface area contributed by atoms with Crippen molar-refractivity contribution in [2.45, 2.75) is 20.0 Å². The van der Waals surface area contributed by atoms with E-state index in [-0.39, 0.29) is 5.88 Å². The molecule has 0 aliphatic heterocycles. The third kappa shape index (κ3) is 3.18. The molecule has 2 aromatic rings. The largest absolute Gasteiger partial charge is 0.433 e. The molecule has 0 saturated carbocycles. The smallest absolute Gasteiger partial charge is 0.404 e. The number of benzene rings is 1. The van der Waals surface area contributed by atoms with Gasteiger partial charge in [-0.05, 0) is 18.6 Å². The zero-order chi connectivity index (χ0) is 13.0. The first-order valence-corrected chi connectivity index (χ1v) is 5.64. The van der Waals surface area contributed by atoms with Crippen molar-refractivity contribution in [1.82, 2.24) is 5.32 Å². The highest BCUT2D eigenvalue weighted by molar-refractivity contribution is 5.21. The van der Waals surface area contributed by atoms with E-state index in [0.717, 1.165) is 0 Å². The molecule has 0 radical (unpaired) electrons. The van der Waals surface area contributed by atoms with Crippen LogP contribution in [0.5, 0.6) is 0 Å². The summed E-state index contributed by atoms with van der Waals surface area (Å²) in [4.78, 5) is 9.89. The molecule has 0 bridgehead atoms. The zero-order valence-electron chi connectivity index (χ0n) is 10.1. The van der Waals surface area contributed by atoms with E-state index in [2.05, 4.69) is 17.4 Å². The quantitative estimate of drug-likeness (QED) is 0.650. The van der Waals surface area contributed by atoms with Crippen molar-refractivity contribution in [3.05, 3.63) is 63.4 Å². The molecule has 94 valence electrons. The number of hydrogen-bond donors (Lipinski definition) is 1. The average Bonchev–Trinajstić information content (AvgIpc) is 2.81. The summed E-state index contributed by atoms with van der Waals surface area (Å²) >= 11 is 0. The number of rotatable bonds is 5. The molecular formula is C13H14N2O3. The lowest BCUT2D eigenvalue weighted by Crippen LogP contribution is -2.11. The van der Waals surface area contributed by atoms with Crippen LogP contribution in [0.3, 0.4) is 0 Å². The maximum atomic E-state index is 10.4. The van der Waals surface area contributed by atoms with Gasteiger partial charge in [0.1, 0.15) is 10.7 Å². The molecule has 0 fully saturated rings. The number of nitrogens with one attached hydrogen (secondary N) is 1. The SMILES string of the molecule is Cc1ccc(CNCc2ccc([N+](=O)[O-])o2)cc1. The molecule has 0 aliphatic carbocycles. The molecule has 0 saturated heterocycles. The standard InChI is InChI=1S/C13H14N2O3/c1-10-2-4-11(5-3-10)8-14-9-12-6-7-13(18-12)15(16)17/h2-7,14H,8-9H2,1H3. The van der Waals surface area contributed by atoms with E-state index >= 15 is 0 Å². The first kappa shape index (κ1) is 12.3. The highest BCUT2D eigenvalue weighted by Crippen LogP contribution is 2.15. The average molecular weight is 246 g/mol. The van der Waals surface area contributed by atoms with Gasteiger partial charge in [0.15, 0.2) is 0 Å². The number of nitrogens with zero attached hydrogens (tertiary/aromatic N) is 1. The van der Waals surface area contributed by atoms with Crippen LogP contribution < -0.4 is 5.32 Å². The van der Waals surface area contributed by atoms with E-state index in [1.165, 1.54) is 17.2 Å². The number of hydrogen-bond acceptors (Lipinski definition) is 4. The van der Waals surface area contributed by atoms with E-state index in [4.69, 9.17) is 4.42 Å². The van der Waals surface area contributed by atoms with Crippen molar-refractivity contribution in [3.63, 3.8) is 0 Å². The fraction of sp³-hybridized carbons (Fsp3) is 0.231. The van der Waals surface area contributed by atoms with Gasteiger partial charge >= 0.3 is 5.88 Å². The van der Waals surface area contributed by atoms with Crippen LogP contribution in [0.2, 0.25) is 0 Å². The topological polar surface area (TPSA) is 68.3 Å². The summed E-state index contributed by atoms with van der Waals surface area (Å²) in [6.45, 7) is 3.22. The number of furan rings is 1. The van der Waals surface area contributed by atoms with E-state index in [1.807, 2.05) is 19.1 Å². The zero-order valence-corrected chi connectivity index (χ0v) is 10.1. The van der Waals surface area contributed by atoms with Crippen LogP contribution in [-0.2, 0) is 13.1 Å². The minimum absolute atomic E-state index is 0.220. The van der Waals surface area contributed by atoms with Crippen molar-refractivity contribution in [1.29, 1.82) is 0 Å². The Bertz CT molecular complexity index is 531. The van der Waals surface area contributed by atoms with Gasteiger partial charge in [-0.2, -0.15) is 0 Å². The maximum Gasteiger partial charge on any atom is 0.433 e. The Hall–Kier alpha value is -2.14. The third-order valence-corrected chi connectivity index (χ3v) is 2.58. The second kappa shape index (κ2) is 5.46. The second-order valence-corrected chi connectivity index (χ2v) is 4.09. The molecule has 1 aromatic heterocycles. The number of aryl methyl sites for hydroxylation is 1. The van der Waals surface area contributed by atoms with Crippen LogP contribution in [0.1, 0.15) is 16.9 Å². The van der Waals surface area contributed by atoms with Crippen molar-refractivity contribution in [2.75, 3.05) is 0 Å².